The van der Waals surface area contributed by atoms with Crippen LogP contribution in [0.25, 0.3) is 0 Å². The van der Waals surface area contributed by atoms with Crippen molar-refractivity contribution in [3.8, 4) is 5.75 Å². The van der Waals surface area contributed by atoms with E-state index in [1.165, 1.54) is 0 Å². The maximum Gasteiger partial charge on any atom is 0.133 e. The molecular weight excluding hydrogens is 322 g/mol. The van der Waals surface area contributed by atoms with Crippen molar-refractivity contribution in [2.75, 3.05) is 33.5 Å². The smallest absolute Gasteiger partial charge is 0.133 e. The van der Waals surface area contributed by atoms with Crippen LogP contribution in [0.1, 0.15) is 24.4 Å². The third-order valence-electron chi connectivity index (χ3n) is 3.66. The first-order chi connectivity index (χ1) is 9.72. The number of halogens is 1. The molecule has 2 rings (SSSR count). The monoisotopic (exact) mass is 343 g/mol. The Morgan fingerprint density at radius 2 is 2.10 bits per heavy atom. The average Bonchev–Trinajstić information content (AvgIpc) is 2.49. The third kappa shape index (κ3) is 4.19. The molecule has 0 amide bonds. The standard InChI is InChI=1S/C15H22BrNO3/c1-18-8-9-20-14-3-2-12(10-13(14)16)15(17)11-4-6-19-7-5-11/h2-3,10-11,15H,4-9,17H2,1H3. The summed E-state index contributed by atoms with van der Waals surface area (Å²) in [6.45, 7) is 2.76. The van der Waals surface area contributed by atoms with E-state index in [4.69, 9.17) is 19.9 Å². The minimum absolute atomic E-state index is 0.0585. The van der Waals surface area contributed by atoms with Gasteiger partial charge >= 0.3 is 0 Å². The molecule has 0 radical (unpaired) electrons. The molecule has 112 valence electrons. The minimum atomic E-state index is 0.0585. The van der Waals surface area contributed by atoms with Crippen LogP contribution in [-0.2, 0) is 9.47 Å². The van der Waals surface area contributed by atoms with Gasteiger partial charge in [-0.3, -0.25) is 0 Å². The second-order valence-electron chi connectivity index (χ2n) is 5.01. The van der Waals surface area contributed by atoms with Crippen molar-refractivity contribution in [1.82, 2.24) is 0 Å². The van der Waals surface area contributed by atoms with Crippen LogP contribution in [0, 0.1) is 5.92 Å². The molecule has 0 aromatic heterocycles. The molecule has 2 N–H and O–H groups in total. The lowest BCUT2D eigenvalue weighted by atomic mass is 9.88. The molecule has 0 spiro atoms. The van der Waals surface area contributed by atoms with Crippen molar-refractivity contribution in [1.29, 1.82) is 0 Å². The van der Waals surface area contributed by atoms with Gasteiger partial charge < -0.3 is 19.9 Å². The largest absolute Gasteiger partial charge is 0.490 e. The molecule has 1 heterocycles. The lowest BCUT2D eigenvalue weighted by Gasteiger charge is -2.28. The predicted molar refractivity (Wildman–Crippen MR) is 82.0 cm³/mol. The van der Waals surface area contributed by atoms with Gasteiger partial charge in [0.25, 0.3) is 0 Å². The molecule has 1 aromatic carbocycles. The van der Waals surface area contributed by atoms with E-state index in [-0.39, 0.29) is 6.04 Å². The van der Waals surface area contributed by atoms with Gasteiger partial charge in [-0.2, -0.15) is 0 Å². The highest BCUT2D eigenvalue weighted by molar-refractivity contribution is 9.10. The second-order valence-corrected chi connectivity index (χ2v) is 5.86. The Hall–Kier alpha value is -0.620. The van der Waals surface area contributed by atoms with E-state index in [0.717, 1.165) is 41.8 Å². The van der Waals surface area contributed by atoms with Crippen molar-refractivity contribution in [3.63, 3.8) is 0 Å². The van der Waals surface area contributed by atoms with Gasteiger partial charge in [0.1, 0.15) is 12.4 Å². The number of ether oxygens (including phenoxy) is 3. The van der Waals surface area contributed by atoms with Gasteiger partial charge in [-0.25, -0.2) is 0 Å². The topological polar surface area (TPSA) is 53.7 Å². The molecule has 20 heavy (non-hydrogen) atoms. The summed E-state index contributed by atoms with van der Waals surface area (Å²) in [6, 6.07) is 6.13. The number of nitrogens with two attached hydrogens (primary N) is 1. The zero-order chi connectivity index (χ0) is 14.4. The van der Waals surface area contributed by atoms with Crippen molar-refractivity contribution in [2.24, 2.45) is 11.7 Å². The summed E-state index contributed by atoms with van der Waals surface area (Å²) in [6.07, 6.45) is 2.07. The third-order valence-corrected chi connectivity index (χ3v) is 4.28. The highest BCUT2D eigenvalue weighted by Crippen LogP contribution is 2.33. The Kier molecular flexibility index (Phi) is 6.29. The first-order valence-electron chi connectivity index (χ1n) is 6.97. The summed E-state index contributed by atoms with van der Waals surface area (Å²) in [5, 5.41) is 0. The fraction of sp³-hybridized carbons (Fsp3) is 0.600. The zero-order valence-corrected chi connectivity index (χ0v) is 13.4. The quantitative estimate of drug-likeness (QED) is 0.807. The Balaban J connectivity index is 1.99. The molecule has 0 saturated carbocycles. The summed E-state index contributed by atoms with van der Waals surface area (Å²) in [5.74, 6) is 1.32. The van der Waals surface area contributed by atoms with E-state index < -0.39 is 0 Å². The molecular formula is C15H22BrNO3. The number of hydrogen-bond donors (Lipinski definition) is 1. The van der Waals surface area contributed by atoms with E-state index in [9.17, 15) is 0 Å². The summed E-state index contributed by atoms with van der Waals surface area (Å²) in [5.41, 5.74) is 7.51. The van der Waals surface area contributed by atoms with Crippen LogP contribution < -0.4 is 10.5 Å². The molecule has 1 saturated heterocycles. The molecule has 0 aliphatic carbocycles. The Morgan fingerprint density at radius 3 is 2.75 bits per heavy atom. The van der Waals surface area contributed by atoms with E-state index in [1.54, 1.807) is 7.11 Å². The van der Waals surface area contributed by atoms with E-state index in [1.807, 2.05) is 12.1 Å². The normalized spacial score (nSPS) is 17.9. The van der Waals surface area contributed by atoms with Gasteiger partial charge in [0.2, 0.25) is 0 Å². The molecule has 0 bridgehead atoms. The number of hydrogen-bond acceptors (Lipinski definition) is 4. The van der Waals surface area contributed by atoms with Gasteiger partial charge in [-0.15, -0.1) is 0 Å². The van der Waals surface area contributed by atoms with Crippen molar-refractivity contribution in [3.05, 3.63) is 28.2 Å². The molecule has 5 heteroatoms. The zero-order valence-electron chi connectivity index (χ0n) is 11.8. The number of rotatable bonds is 6. The van der Waals surface area contributed by atoms with E-state index in [2.05, 4.69) is 22.0 Å². The summed E-state index contributed by atoms with van der Waals surface area (Å²) < 4.78 is 16.9. The molecule has 1 fully saturated rings. The lowest BCUT2D eigenvalue weighted by Crippen LogP contribution is -2.27. The van der Waals surface area contributed by atoms with Crippen LogP contribution in [0.15, 0.2) is 22.7 Å². The molecule has 1 aliphatic heterocycles. The fourth-order valence-corrected chi connectivity index (χ4v) is 2.93. The maximum atomic E-state index is 6.37. The maximum absolute atomic E-state index is 6.37. The van der Waals surface area contributed by atoms with Crippen LogP contribution in [0.3, 0.4) is 0 Å². The average molecular weight is 344 g/mol. The van der Waals surface area contributed by atoms with Gasteiger partial charge in [0, 0.05) is 26.4 Å². The first-order valence-corrected chi connectivity index (χ1v) is 7.76. The molecule has 4 nitrogen and oxygen atoms in total. The second kappa shape index (κ2) is 7.98. The summed E-state index contributed by atoms with van der Waals surface area (Å²) in [7, 11) is 1.66. The van der Waals surface area contributed by atoms with E-state index in [0.29, 0.717) is 19.1 Å². The van der Waals surface area contributed by atoms with Crippen LogP contribution in [0.2, 0.25) is 0 Å². The number of benzene rings is 1. The fourth-order valence-electron chi connectivity index (χ4n) is 2.42. The first kappa shape index (κ1) is 15.8. The van der Waals surface area contributed by atoms with Crippen LogP contribution in [-0.4, -0.2) is 33.5 Å². The Morgan fingerprint density at radius 1 is 1.35 bits per heavy atom. The van der Waals surface area contributed by atoms with Gasteiger partial charge in [0.15, 0.2) is 0 Å². The Labute approximate surface area is 128 Å². The molecule has 1 aromatic rings. The van der Waals surface area contributed by atoms with Gasteiger partial charge in [-0.1, -0.05) is 6.07 Å². The highest BCUT2D eigenvalue weighted by Gasteiger charge is 2.22. The molecule has 1 aliphatic rings. The van der Waals surface area contributed by atoms with Gasteiger partial charge in [0.05, 0.1) is 11.1 Å². The van der Waals surface area contributed by atoms with E-state index >= 15 is 0 Å². The molecule has 1 unspecified atom stereocenters. The van der Waals surface area contributed by atoms with Crippen molar-refractivity contribution < 1.29 is 14.2 Å². The summed E-state index contributed by atoms with van der Waals surface area (Å²) in [4.78, 5) is 0. The predicted octanol–water partition coefficient (Wildman–Crippen LogP) is 2.90. The SMILES string of the molecule is COCCOc1ccc(C(N)C2CCOCC2)cc1Br. The van der Waals surface area contributed by atoms with Crippen LogP contribution >= 0.6 is 15.9 Å². The summed E-state index contributed by atoms with van der Waals surface area (Å²) >= 11 is 3.55. The molecule has 1 atom stereocenters. The number of methoxy groups -OCH3 is 1. The highest BCUT2D eigenvalue weighted by atomic mass is 79.9. The van der Waals surface area contributed by atoms with Crippen LogP contribution in [0.4, 0.5) is 0 Å². The minimum Gasteiger partial charge on any atom is -0.490 e. The van der Waals surface area contributed by atoms with Crippen molar-refractivity contribution >= 4 is 15.9 Å². The van der Waals surface area contributed by atoms with Crippen LogP contribution in [0.5, 0.6) is 5.75 Å². The van der Waals surface area contributed by atoms with Gasteiger partial charge in [-0.05, 0) is 52.4 Å². The van der Waals surface area contributed by atoms with Crippen molar-refractivity contribution in [2.45, 2.75) is 18.9 Å². The lowest BCUT2D eigenvalue weighted by molar-refractivity contribution is 0.0583. The Bertz CT molecular complexity index is 422.